The van der Waals surface area contributed by atoms with E-state index in [9.17, 15) is 9.18 Å². The van der Waals surface area contributed by atoms with Crippen molar-refractivity contribution in [2.75, 3.05) is 13.7 Å². The third-order valence-corrected chi connectivity index (χ3v) is 6.53. The van der Waals surface area contributed by atoms with E-state index in [-0.39, 0.29) is 38.0 Å². The average molecular weight is 537 g/mol. The van der Waals surface area contributed by atoms with Gasteiger partial charge >= 0.3 is 5.97 Å². The number of aromatic nitrogens is 1. The first-order valence-corrected chi connectivity index (χ1v) is 12.9. The van der Waals surface area contributed by atoms with Crippen LogP contribution >= 0.6 is 0 Å². The monoisotopic (exact) mass is 536 g/mol. The summed E-state index contributed by atoms with van der Waals surface area (Å²) < 4.78 is 48.0. The Morgan fingerprint density at radius 1 is 1.00 bits per heavy atom. The molecule has 0 amide bonds. The maximum absolute atomic E-state index is 15.4. The molecule has 0 aliphatic rings. The molecule has 0 fully saturated rings. The number of fused-ring (bicyclic) bond motifs is 1. The molecule has 0 radical (unpaired) electrons. The average Bonchev–Trinajstić information content (AvgIpc) is 3.32. The van der Waals surface area contributed by atoms with Crippen LogP contribution in [0.15, 0.2) is 60.8 Å². The van der Waals surface area contributed by atoms with Gasteiger partial charge in [0.05, 0.1) is 13.0 Å². The number of carbonyl (C=O) groups is 1. The molecule has 0 spiro atoms. The first-order valence-electron chi connectivity index (χ1n) is 12.9. The van der Waals surface area contributed by atoms with E-state index in [0.717, 1.165) is 22.0 Å². The molecular formula is C31H34F2N2O4. The van der Waals surface area contributed by atoms with Gasteiger partial charge in [0.25, 0.3) is 0 Å². The molecule has 3 aromatic carbocycles. The van der Waals surface area contributed by atoms with Crippen LogP contribution in [0.4, 0.5) is 8.78 Å². The zero-order chi connectivity index (χ0) is 28.1. The van der Waals surface area contributed by atoms with Crippen LogP contribution in [0.3, 0.4) is 0 Å². The molecule has 0 bridgehead atoms. The molecule has 206 valence electrons. The molecule has 1 unspecified atom stereocenters. The molecule has 1 heterocycles. The van der Waals surface area contributed by atoms with Crippen molar-refractivity contribution < 1.29 is 27.8 Å². The standard InChI is InChI=1S/C31H34F2N2O4/c1-19(2)35-11-10-25-27(26-7-5-6-22(16-34)31(26)33)12-21(13-28(25)35)18-38-29-9-8-24(32)14-23(29)15-30(36)39-20(3)17-37-4/h5-14,19-20H,15-18,34H2,1-4H3. The summed E-state index contributed by atoms with van der Waals surface area (Å²) in [5.74, 6) is -0.976. The number of hydrogen-bond donors (Lipinski definition) is 1. The molecule has 1 atom stereocenters. The number of carbonyl (C=O) groups excluding carboxylic acids is 1. The molecule has 0 saturated heterocycles. The van der Waals surface area contributed by atoms with Gasteiger partial charge in [-0.2, -0.15) is 0 Å². The van der Waals surface area contributed by atoms with Gasteiger partial charge in [0.15, 0.2) is 0 Å². The summed E-state index contributed by atoms with van der Waals surface area (Å²) in [5.41, 5.74) is 9.50. The lowest BCUT2D eigenvalue weighted by Crippen LogP contribution is -2.21. The Hall–Kier alpha value is -3.75. The van der Waals surface area contributed by atoms with Crippen molar-refractivity contribution in [2.24, 2.45) is 5.73 Å². The molecule has 0 aliphatic carbocycles. The Morgan fingerprint density at radius 2 is 1.79 bits per heavy atom. The van der Waals surface area contributed by atoms with Crippen LogP contribution in [0.5, 0.6) is 5.75 Å². The van der Waals surface area contributed by atoms with E-state index in [1.54, 1.807) is 25.1 Å². The number of esters is 1. The van der Waals surface area contributed by atoms with Crippen LogP contribution in [0, 0.1) is 11.6 Å². The zero-order valence-electron chi connectivity index (χ0n) is 22.7. The number of nitrogens with two attached hydrogens (primary N) is 1. The largest absolute Gasteiger partial charge is 0.489 e. The van der Waals surface area contributed by atoms with Crippen LogP contribution in [0.2, 0.25) is 0 Å². The Morgan fingerprint density at radius 3 is 2.51 bits per heavy atom. The third kappa shape index (κ3) is 6.46. The lowest BCUT2D eigenvalue weighted by molar-refractivity contribution is -0.149. The van der Waals surface area contributed by atoms with Gasteiger partial charge in [-0.1, -0.05) is 18.2 Å². The van der Waals surface area contributed by atoms with Crippen molar-refractivity contribution in [3.05, 3.63) is 89.1 Å². The Balaban J connectivity index is 1.68. The highest BCUT2D eigenvalue weighted by Crippen LogP contribution is 2.35. The van der Waals surface area contributed by atoms with Crippen molar-refractivity contribution in [3.8, 4) is 16.9 Å². The van der Waals surface area contributed by atoms with Crippen LogP contribution < -0.4 is 10.5 Å². The summed E-state index contributed by atoms with van der Waals surface area (Å²) in [6.45, 7) is 6.36. The van der Waals surface area contributed by atoms with Crippen molar-refractivity contribution in [1.29, 1.82) is 0 Å². The topological polar surface area (TPSA) is 75.7 Å². The second-order valence-electron chi connectivity index (χ2n) is 9.85. The van der Waals surface area contributed by atoms with Crippen LogP contribution in [0.1, 0.15) is 43.5 Å². The number of ether oxygens (including phenoxy) is 3. The van der Waals surface area contributed by atoms with E-state index in [1.165, 1.54) is 25.3 Å². The number of benzene rings is 3. The fourth-order valence-corrected chi connectivity index (χ4v) is 4.70. The minimum atomic E-state index is -0.510. The minimum Gasteiger partial charge on any atom is -0.489 e. The number of rotatable bonds is 11. The van der Waals surface area contributed by atoms with E-state index in [0.29, 0.717) is 22.4 Å². The summed E-state index contributed by atoms with van der Waals surface area (Å²) in [7, 11) is 1.52. The predicted molar refractivity (Wildman–Crippen MR) is 147 cm³/mol. The molecule has 39 heavy (non-hydrogen) atoms. The highest BCUT2D eigenvalue weighted by molar-refractivity contribution is 5.96. The third-order valence-electron chi connectivity index (χ3n) is 6.53. The second-order valence-corrected chi connectivity index (χ2v) is 9.85. The number of nitrogens with zero attached hydrogens (tertiary/aromatic N) is 1. The number of methoxy groups -OCH3 is 1. The summed E-state index contributed by atoms with van der Waals surface area (Å²) in [5, 5.41) is 0.913. The number of hydrogen-bond acceptors (Lipinski definition) is 5. The lowest BCUT2D eigenvalue weighted by atomic mass is 9.96. The van der Waals surface area contributed by atoms with Crippen LogP contribution in [-0.2, 0) is 33.8 Å². The second kappa shape index (κ2) is 12.4. The van der Waals surface area contributed by atoms with Crippen molar-refractivity contribution in [3.63, 3.8) is 0 Å². The van der Waals surface area contributed by atoms with Gasteiger partial charge in [-0.05, 0) is 68.3 Å². The maximum atomic E-state index is 15.4. The number of halogens is 2. The molecule has 8 heteroatoms. The van der Waals surface area contributed by atoms with Gasteiger partial charge in [-0.25, -0.2) is 8.78 Å². The fraction of sp³-hybridized carbons (Fsp3) is 0.323. The van der Waals surface area contributed by atoms with E-state index in [1.807, 2.05) is 24.4 Å². The molecule has 0 aliphatic heterocycles. The van der Waals surface area contributed by atoms with Gasteiger partial charge < -0.3 is 24.5 Å². The highest BCUT2D eigenvalue weighted by Gasteiger charge is 2.18. The first-order chi connectivity index (χ1) is 18.7. The summed E-state index contributed by atoms with van der Waals surface area (Å²) in [6, 6.07) is 15.3. The van der Waals surface area contributed by atoms with E-state index in [2.05, 4.69) is 18.4 Å². The van der Waals surface area contributed by atoms with Gasteiger partial charge in [0, 0.05) is 53.5 Å². The fourth-order valence-electron chi connectivity index (χ4n) is 4.70. The van der Waals surface area contributed by atoms with Gasteiger partial charge in [0.2, 0.25) is 0 Å². The quantitative estimate of drug-likeness (QED) is 0.227. The first kappa shape index (κ1) is 28.3. The predicted octanol–water partition coefficient (Wildman–Crippen LogP) is 6.33. The minimum absolute atomic E-state index is 0.0959. The normalized spacial score (nSPS) is 12.2. The highest BCUT2D eigenvalue weighted by atomic mass is 19.1. The Labute approximate surface area is 227 Å². The van der Waals surface area contributed by atoms with Gasteiger partial charge in [0.1, 0.15) is 30.1 Å². The summed E-state index contributed by atoms with van der Waals surface area (Å²) in [4.78, 5) is 12.4. The Kier molecular flexibility index (Phi) is 8.99. The SMILES string of the molecule is COCC(C)OC(=O)Cc1cc(F)ccc1OCc1cc(-c2cccc(CN)c2F)c2ccn(C(C)C)c2c1. The molecule has 2 N–H and O–H groups in total. The molecular weight excluding hydrogens is 502 g/mol. The molecule has 1 aromatic heterocycles. The van der Waals surface area contributed by atoms with Crippen molar-refractivity contribution in [1.82, 2.24) is 4.57 Å². The lowest BCUT2D eigenvalue weighted by Gasteiger charge is -2.16. The summed E-state index contributed by atoms with van der Waals surface area (Å²) >= 11 is 0. The van der Waals surface area contributed by atoms with Gasteiger partial charge in [-0.3, -0.25) is 4.79 Å². The summed E-state index contributed by atoms with van der Waals surface area (Å²) in [6.07, 6.45) is 1.40. The van der Waals surface area contributed by atoms with E-state index in [4.69, 9.17) is 19.9 Å². The van der Waals surface area contributed by atoms with Crippen molar-refractivity contribution >= 4 is 16.9 Å². The molecule has 4 rings (SSSR count). The van der Waals surface area contributed by atoms with Crippen LogP contribution in [0.25, 0.3) is 22.0 Å². The Bertz CT molecular complexity index is 1460. The van der Waals surface area contributed by atoms with Crippen LogP contribution in [-0.4, -0.2) is 30.4 Å². The maximum Gasteiger partial charge on any atom is 0.310 e. The van der Waals surface area contributed by atoms with E-state index >= 15 is 4.39 Å². The zero-order valence-corrected chi connectivity index (χ0v) is 22.7. The molecule has 4 aromatic rings. The molecule has 0 saturated carbocycles. The smallest absolute Gasteiger partial charge is 0.310 e. The van der Waals surface area contributed by atoms with Gasteiger partial charge in [-0.15, -0.1) is 0 Å². The van der Waals surface area contributed by atoms with E-state index < -0.39 is 17.9 Å². The molecule has 6 nitrogen and oxygen atoms in total. The van der Waals surface area contributed by atoms with Crippen molar-refractivity contribution in [2.45, 2.75) is 52.5 Å².